The van der Waals surface area contributed by atoms with Crippen LogP contribution < -0.4 is 15.4 Å². The van der Waals surface area contributed by atoms with E-state index < -0.39 is 21.7 Å². The largest absolute Gasteiger partial charge is 0.337 e. The summed E-state index contributed by atoms with van der Waals surface area (Å²) in [6.07, 6.45) is 0.567. The van der Waals surface area contributed by atoms with E-state index in [0.717, 1.165) is 28.7 Å². The average Bonchev–Trinajstić information content (AvgIpc) is 3.21. The Labute approximate surface area is 196 Å². The van der Waals surface area contributed by atoms with Crippen LogP contribution in [0.15, 0.2) is 53.4 Å². The lowest BCUT2D eigenvalue weighted by Gasteiger charge is -2.17. The van der Waals surface area contributed by atoms with Crippen LogP contribution in [0.2, 0.25) is 0 Å². The Hall–Kier alpha value is -3.15. The van der Waals surface area contributed by atoms with Gasteiger partial charge < -0.3 is 10.6 Å². The number of rotatable bonds is 7. The number of hydrogen-bond donors (Lipinski definition) is 3. The molecule has 0 bridgehead atoms. The van der Waals surface area contributed by atoms with Crippen molar-refractivity contribution in [1.82, 2.24) is 19.9 Å². The zero-order chi connectivity index (χ0) is 24.3. The number of hydrogen-bond acceptors (Lipinski definition) is 5. The van der Waals surface area contributed by atoms with Crippen molar-refractivity contribution in [3.63, 3.8) is 0 Å². The Balaban J connectivity index is 1.26. The molecule has 1 aromatic heterocycles. The molecule has 1 aliphatic heterocycles. The number of aryl methyl sites for hydroxylation is 1. The van der Waals surface area contributed by atoms with E-state index in [0.29, 0.717) is 44.4 Å². The number of sulfonamides is 1. The number of nitrogens with zero attached hydrogens (tertiary/aromatic N) is 2. The van der Waals surface area contributed by atoms with Crippen LogP contribution in [-0.4, -0.2) is 56.6 Å². The molecule has 0 spiro atoms. The zero-order valence-corrected chi connectivity index (χ0v) is 19.3. The number of benzene rings is 2. The van der Waals surface area contributed by atoms with Crippen LogP contribution >= 0.6 is 0 Å². The van der Waals surface area contributed by atoms with Crippen LogP contribution in [0, 0.1) is 18.6 Å². The summed E-state index contributed by atoms with van der Waals surface area (Å²) in [5, 5.41) is 6.52. The van der Waals surface area contributed by atoms with Gasteiger partial charge in [-0.1, -0.05) is 18.2 Å². The second-order valence-electron chi connectivity index (χ2n) is 8.19. The van der Waals surface area contributed by atoms with Crippen LogP contribution in [0.5, 0.6) is 0 Å². The number of aromatic nitrogens is 1. The lowest BCUT2D eigenvalue weighted by Crippen LogP contribution is -2.39. The third kappa shape index (κ3) is 5.66. The molecule has 0 radical (unpaired) electrons. The Bertz CT molecular complexity index is 1320. The molecule has 3 aromatic rings. The number of pyridine rings is 1. The summed E-state index contributed by atoms with van der Waals surface area (Å²) in [5.74, 6) is -2.31. The smallest absolute Gasteiger partial charge is 0.319 e. The van der Waals surface area contributed by atoms with Gasteiger partial charge in [0, 0.05) is 36.8 Å². The Kier molecular flexibility index (Phi) is 7.05. The first-order valence-corrected chi connectivity index (χ1v) is 12.3. The first-order valence-electron chi connectivity index (χ1n) is 10.8. The maximum absolute atomic E-state index is 13.4. The average molecular weight is 490 g/mol. The van der Waals surface area contributed by atoms with E-state index in [1.54, 1.807) is 0 Å². The van der Waals surface area contributed by atoms with Gasteiger partial charge in [0.1, 0.15) is 0 Å². The number of halogens is 2. The number of amides is 2. The number of nitrogens with one attached hydrogen (secondary N) is 3. The number of anilines is 1. The van der Waals surface area contributed by atoms with Gasteiger partial charge in [-0.2, -0.15) is 0 Å². The molecule has 8 nitrogen and oxygen atoms in total. The first kappa shape index (κ1) is 24.0. The zero-order valence-electron chi connectivity index (χ0n) is 18.5. The minimum absolute atomic E-state index is 0.318. The second-order valence-corrected chi connectivity index (χ2v) is 9.91. The standard InChI is InChI=1S/C23H25F2N5O3S/c1-15-12-22(18-4-2-3-5-21(18)27-15)28-23(31)26-9-11-30-10-8-16(14-30)29-34(32,33)17-6-7-19(24)20(25)13-17/h2-7,12-13,16,29H,8-11,14H2,1H3,(H2,26,27,28,31). The summed E-state index contributed by atoms with van der Waals surface area (Å²) < 4.78 is 54.0. The van der Waals surface area contributed by atoms with Crippen molar-refractivity contribution in [2.45, 2.75) is 24.3 Å². The van der Waals surface area contributed by atoms with E-state index in [4.69, 9.17) is 0 Å². The van der Waals surface area contributed by atoms with Gasteiger partial charge >= 0.3 is 6.03 Å². The molecule has 11 heteroatoms. The number of likely N-dealkylation sites (tertiary alicyclic amines) is 1. The molecule has 0 saturated carbocycles. The summed E-state index contributed by atoms with van der Waals surface area (Å²) in [4.78, 5) is 18.5. The molecule has 1 saturated heterocycles. The molecule has 1 aliphatic rings. The van der Waals surface area contributed by atoms with Crippen LogP contribution in [0.4, 0.5) is 19.3 Å². The molecule has 2 heterocycles. The van der Waals surface area contributed by atoms with E-state index in [9.17, 15) is 22.0 Å². The van der Waals surface area contributed by atoms with Crippen molar-refractivity contribution in [3.8, 4) is 0 Å². The fourth-order valence-corrected chi connectivity index (χ4v) is 5.24. The van der Waals surface area contributed by atoms with Gasteiger partial charge in [-0.15, -0.1) is 0 Å². The number of carbonyl (C=O) groups is 1. The molecular formula is C23H25F2N5O3S. The summed E-state index contributed by atoms with van der Waals surface area (Å²) in [7, 11) is -3.96. The predicted octanol–water partition coefficient (Wildman–Crippen LogP) is 3.00. The highest BCUT2D eigenvalue weighted by atomic mass is 32.2. The molecule has 1 unspecified atom stereocenters. The minimum Gasteiger partial charge on any atom is -0.337 e. The van der Waals surface area contributed by atoms with Crippen molar-refractivity contribution in [3.05, 3.63) is 65.9 Å². The normalized spacial score (nSPS) is 16.6. The van der Waals surface area contributed by atoms with Crippen LogP contribution in [-0.2, 0) is 10.0 Å². The molecule has 4 rings (SSSR count). The second kappa shape index (κ2) is 10.00. The number of carbonyl (C=O) groups excluding carboxylic acids is 1. The van der Waals surface area contributed by atoms with E-state index in [1.165, 1.54) is 0 Å². The predicted molar refractivity (Wildman–Crippen MR) is 125 cm³/mol. The highest BCUT2D eigenvalue weighted by Gasteiger charge is 2.27. The maximum Gasteiger partial charge on any atom is 0.319 e. The van der Waals surface area contributed by atoms with Gasteiger partial charge in [0.05, 0.1) is 16.1 Å². The fraction of sp³-hybridized carbons (Fsp3) is 0.304. The Morgan fingerprint density at radius 3 is 2.74 bits per heavy atom. The van der Waals surface area contributed by atoms with Gasteiger partial charge in [0.15, 0.2) is 11.6 Å². The lowest BCUT2D eigenvalue weighted by molar-refractivity contribution is 0.249. The van der Waals surface area contributed by atoms with Gasteiger partial charge in [-0.3, -0.25) is 9.88 Å². The molecule has 1 fully saturated rings. The van der Waals surface area contributed by atoms with Crippen molar-refractivity contribution < 1.29 is 22.0 Å². The molecule has 2 amide bonds. The molecule has 3 N–H and O–H groups in total. The van der Waals surface area contributed by atoms with E-state index in [1.807, 2.05) is 42.2 Å². The third-order valence-electron chi connectivity index (χ3n) is 5.60. The summed E-state index contributed by atoms with van der Waals surface area (Å²) in [5.41, 5.74) is 2.27. The summed E-state index contributed by atoms with van der Waals surface area (Å²) in [6.45, 7) is 3.85. The Morgan fingerprint density at radius 2 is 1.94 bits per heavy atom. The monoisotopic (exact) mass is 489 g/mol. The maximum atomic E-state index is 13.4. The fourth-order valence-electron chi connectivity index (χ4n) is 3.97. The third-order valence-corrected chi connectivity index (χ3v) is 7.12. The topological polar surface area (TPSA) is 103 Å². The highest BCUT2D eigenvalue weighted by Crippen LogP contribution is 2.22. The Morgan fingerprint density at radius 1 is 1.15 bits per heavy atom. The highest BCUT2D eigenvalue weighted by molar-refractivity contribution is 7.89. The summed E-state index contributed by atoms with van der Waals surface area (Å²) in [6, 6.07) is 11.1. The first-order chi connectivity index (χ1) is 16.2. The van der Waals surface area contributed by atoms with Crippen molar-refractivity contribution in [1.29, 1.82) is 0 Å². The van der Waals surface area contributed by atoms with Gasteiger partial charge in [0.25, 0.3) is 0 Å². The SMILES string of the molecule is Cc1cc(NC(=O)NCCN2CCC(NS(=O)(=O)c3ccc(F)c(F)c3)C2)c2ccccc2n1. The molecule has 34 heavy (non-hydrogen) atoms. The van der Waals surface area contributed by atoms with E-state index >= 15 is 0 Å². The van der Waals surface area contributed by atoms with Gasteiger partial charge in [-0.05, 0) is 50.2 Å². The van der Waals surface area contributed by atoms with Crippen LogP contribution in [0.1, 0.15) is 12.1 Å². The molecule has 2 aromatic carbocycles. The van der Waals surface area contributed by atoms with Crippen molar-refractivity contribution in [2.75, 3.05) is 31.5 Å². The summed E-state index contributed by atoms with van der Waals surface area (Å²) >= 11 is 0. The quantitative estimate of drug-likeness (QED) is 0.474. The molecule has 1 atom stereocenters. The van der Waals surface area contributed by atoms with Crippen molar-refractivity contribution >= 4 is 32.6 Å². The molecule has 0 aliphatic carbocycles. The molecular weight excluding hydrogens is 464 g/mol. The number of fused-ring (bicyclic) bond motifs is 1. The van der Waals surface area contributed by atoms with Crippen LogP contribution in [0.25, 0.3) is 10.9 Å². The van der Waals surface area contributed by atoms with Crippen molar-refractivity contribution in [2.24, 2.45) is 0 Å². The van der Waals surface area contributed by atoms with Crippen LogP contribution in [0.3, 0.4) is 0 Å². The van der Waals surface area contributed by atoms with E-state index in [-0.39, 0.29) is 17.0 Å². The number of urea groups is 1. The van der Waals surface area contributed by atoms with E-state index in [2.05, 4.69) is 20.3 Å². The van der Waals surface area contributed by atoms with Gasteiger partial charge in [-0.25, -0.2) is 26.7 Å². The lowest BCUT2D eigenvalue weighted by atomic mass is 10.1. The molecule has 180 valence electrons. The van der Waals surface area contributed by atoms with Gasteiger partial charge in [0.2, 0.25) is 10.0 Å². The minimum atomic E-state index is -3.96. The number of para-hydroxylation sites is 1.